The molecular weight excluding hydrogens is 106 g/mol. The van der Waals surface area contributed by atoms with Crippen molar-refractivity contribution in [3.63, 3.8) is 0 Å². The van der Waals surface area contributed by atoms with Gasteiger partial charge in [0.25, 0.3) is 0 Å². The Balaban J connectivity index is 2.20. The minimum Gasteiger partial charge on any atom is -0.276 e. The van der Waals surface area contributed by atoms with Gasteiger partial charge in [-0.25, -0.2) is 0 Å². The maximum atomic E-state index is 3.98. The van der Waals surface area contributed by atoms with E-state index in [1.165, 1.54) is 18.6 Å². The molecule has 7 heavy (non-hydrogen) atoms. The average Bonchev–Trinajstić information content (AvgIpc) is 1.90. The van der Waals surface area contributed by atoms with Gasteiger partial charge in [-0.05, 0) is 18.6 Å². The smallest absolute Gasteiger partial charge is 0.122 e. The number of aliphatic imine (C=N–C) groups is 1. The predicted molar refractivity (Wildman–Crippen MR) is 34.0 cm³/mol. The highest BCUT2D eigenvalue weighted by Crippen LogP contribution is 2.04. The van der Waals surface area contributed by atoms with Gasteiger partial charge in [0.2, 0.25) is 0 Å². The first-order chi connectivity index (χ1) is 3.50. The molecule has 1 radical (unpaired) electrons. The second-order valence-corrected chi connectivity index (χ2v) is 2.41. The predicted octanol–water partition coefficient (Wildman–Crippen LogP) is 1.42. The molecule has 0 aromatic carbocycles. The van der Waals surface area contributed by atoms with Crippen LogP contribution in [-0.2, 0) is 0 Å². The first-order valence-electron chi connectivity index (χ1n) is 2.53. The Morgan fingerprint density at radius 3 is 3.43 bits per heavy atom. The number of rotatable bonds is 0. The lowest BCUT2D eigenvalue weighted by molar-refractivity contribution is 0.824. The van der Waals surface area contributed by atoms with Crippen LogP contribution in [0.5, 0.6) is 0 Å². The van der Waals surface area contributed by atoms with Crippen LogP contribution in [0.1, 0.15) is 12.8 Å². The first kappa shape index (κ1) is 5.16. The highest BCUT2D eigenvalue weighted by Gasteiger charge is 1.90. The summed E-state index contributed by atoms with van der Waals surface area (Å²) in [5.74, 6) is 1.21. The van der Waals surface area contributed by atoms with Crippen molar-refractivity contribution >= 4 is 17.3 Å². The fraction of sp³-hybridized carbons (Fsp3) is 0.800. The number of thioether (sulfide) groups is 1. The zero-order valence-electron chi connectivity index (χ0n) is 4.18. The summed E-state index contributed by atoms with van der Waals surface area (Å²) in [4.78, 5) is 3.98. The van der Waals surface area contributed by atoms with Crippen molar-refractivity contribution in [1.29, 1.82) is 0 Å². The van der Waals surface area contributed by atoms with Gasteiger partial charge >= 0.3 is 0 Å². The molecule has 0 fully saturated rings. The van der Waals surface area contributed by atoms with E-state index >= 15 is 0 Å². The quantitative estimate of drug-likeness (QED) is 0.464. The zero-order valence-corrected chi connectivity index (χ0v) is 5.00. The van der Waals surface area contributed by atoms with Crippen molar-refractivity contribution in [2.45, 2.75) is 12.8 Å². The lowest BCUT2D eigenvalue weighted by Crippen LogP contribution is -1.77. The molecule has 1 nitrogen and oxygen atoms in total. The SMILES string of the molecule is [C]1=NCCCCS1. The summed E-state index contributed by atoms with van der Waals surface area (Å²) in [7, 11) is 0. The molecule has 0 amide bonds. The first-order valence-corrected chi connectivity index (χ1v) is 3.52. The molecule has 0 unspecified atom stereocenters. The Bertz CT molecular complexity index is 62.5. The second kappa shape index (κ2) is 3.08. The monoisotopic (exact) mass is 114 g/mol. The molecular formula is C5H8NS. The van der Waals surface area contributed by atoms with Crippen molar-refractivity contribution in [3.05, 3.63) is 0 Å². The third-order valence-electron chi connectivity index (χ3n) is 0.895. The standard InChI is InChI=1S/C5H8NS/c1-2-4-7-5-6-3-1/h1-4H2. The molecule has 39 valence electrons. The summed E-state index contributed by atoms with van der Waals surface area (Å²) >= 11 is 1.70. The fourth-order valence-electron chi connectivity index (χ4n) is 0.502. The minimum atomic E-state index is 0.993. The van der Waals surface area contributed by atoms with Gasteiger partial charge < -0.3 is 0 Å². The van der Waals surface area contributed by atoms with Crippen LogP contribution in [0.2, 0.25) is 0 Å². The topological polar surface area (TPSA) is 12.4 Å². The van der Waals surface area contributed by atoms with E-state index in [2.05, 4.69) is 10.5 Å². The Kier molecular flexibility index (Phi) is 2.27. The van der Waals surface area contributed by atoms with E-state index in [4.69, 9.17) is 0 Å². The second-order valence-electron chi connectivity index (χ2n) is 1.53. The molecule has 0 aliphatic carbocycles. The Labute approximate surface area is 48.2 Å². The maximum Gasteiger partial charge on any atom is 0.122 e. The van der Waals surface area contributed by atoms with Gasteiger partial charge in [0, 0.05) is 6.54 Å². The summed E-state index contributed by atoms with van der Waals surface area (Å²) in [5, 5.41) is 0. The number of hydrogen-bond donors (Lipinski definition) is 0. The van der Waals surface area contributed by atoms with E-state index in [0.29, 0.717) is 0 Å². The van der Waals surface area contributed by atoms with E-state index < -0.39 is 0 Å². The average molecular weight is 114 g/mol. The summed E-state index contributed by atoms with van der Waals surface area (Å²) in [6, 6.07) is 0. The van der Waals surface area contributed by atoms with Crippen LogP contribution in [0.4, 0.5) is 0 Å². The maximum absolute atomic E-state index is 3.98. The fourth-order valence-corrected chi connectivity index (χ4v) is 1.12. The Morgan fingerprint density at radius 1 is 1.43 bits per heavy atom. The molecule has 0 N–H and O–H groups in total. The summed E-state index contributed by atoms with van der Waals surface area (Å²) in [6.45, 7) is 0.993. The molecule has 0 spiro atoms. The molecule has 1 aliphatic heterocycles. The van der Waals surface area contributed by atoms with Crippen molar-refractivity contribution in [1.82, 2.24) is 0 Å². The van der Waals surface area contributed by atoms with Gasteiger partial charge in [-0.3, -0.25) is 4.99 Å². The van der Waals surface area contributed by atoms with Crippen molar-refractivity contribution in [2.24, 2.45) is 4.99 Å². The van der Waals surface area contributed by atoms with E-state index in [-0.39, 0.29) is 0 Å². The molecule has 0 saturated heterocycles. The lowest BCUT2D eigenvalue weighted by Gasteiger charge is -1.84. The van der Waals surface area contributed by atoms with Crippen molar-refractivity contribution in [2.75, 3.05) is 12.3 Å². The van der Waals surface area contributed by atoms with E-state index in [1.54, 1.807) is 11.8 Å². The number of nitrogens with zero attached hydrogens (tertiary/aromatic N) is 1. The minimum absolute atomic E-state index is 0.993. The molecule has 0 aromatic heterocycles. The lowest BCUT2D eigenvalue weighted by atomic mass is 10.3. The van der Waals surface area contributed by atoms with Crippen LogP contribution in [0.25, 0.3) is 0 Å². The normalized spacial score (nSPS) is 21.7. The van der Waals surface area contributed by atoms with Gasteiger partial charge in [0.1, 0.15) is 5.55 Å². The third kappa shape index (κ3) is 1.97. The summed E-state index contributed by atoms with van der Waals surface area (Å²) < 4.78 is 0. The van der Waals surface area contributed by atoms with Crippen LogP contribution in [-0.4, -0.2) is 17.8 Å². The van der Waals surface area contributed by atoms with Crippen LogP contribution >= 0.6 is 11.8 Å². The van der Waals surface area contributed by atoms with Crippen LogP contribution in [0.15, 0.2) is 4.99 Å². The number of hydrogen-bond acceptors (Lipinski definition) is 2. The Morgan fingerprint density at radius 2 is 2.43 bits per heavy atom. The summed E-state index contributed by atoms with van der Waals surface area (Å²) in [5.41, 5.74) is 2.89. The van der Waals surface area contributed by atoms with Crippen LogP contribution in [0.3, 0.4) is 0 Å². The molecule has 1 rings (SSSR count). The van der Waals surface area contributed by atoms with Gasteiger partial charge in [0.15, 0.2) is 0 Å². The highest BCUT2D eigenvalue weighted by atomic mass is 32.2. The van der Waals surface area contributed by atoms with Gasteiger partial charge in [-0.15, -0.1) is 11.8 Å². The van der Waals surface area contributed by atoms with E-state index in [1.807, 2.05) is 0 Å². The molecule has 0 aromatic rings. The molecule has 2 heteroatoms. The zero-order chi connectivity index (χ0) is 4.95. The van der Waals surface area contributed by atoms with Gasteiger partial charge in [-0.2, -0.15) is 0 Å². The summed E-state index contributed by atoms with van der Waals surface area (Å²) in [6.07, 6.45) is 2.56. The van der Waals surface area contributed by atoms with Crippen molar-refractivity contribution in [3.8, 4) is 0 Å². The highest BCUT2D eigenvalue weighted by molar-refractivity contribution is 8.12. The van der Waals surface area contributed by atoms with Crippen molar-refractivity contribution < 1.29 is 0 Å². The molecule has 1 heterocycles. The molecule has 1 aliphatic rings. The molecule has 0 bridgehead atoms. The largest absolute Gasteiger partial charge is 0.276 e. The molecule has 0 atom stereocenters. The van der Waals surface area contributed by atoms with E-state index in [0.717, 1.165) is 6.54 Å². The molecule has 0 saturated carbocycles. The van der Waals surface area contributed by atoms with Gasteiger partial charge in [0.05, 0.1) is 0 Å². The van der Waals surface area contributed by atoms with Crippen LogP contribution in [0, 0.1) is 0 Å². The van der Waals surface area contributed by atoms with Gasteiger partial charge in [-0.1, -0.05) is 0 Å². The third-order valence-corrected chi connectivity index (χ3v) is 1.65. The Hall–Kier alpha value is 0.0200. The van der Waals surface area contributed by atoms with Crippen LogP contribution < -0.4 is 0 Å². The van der Waals surface area contributed by atoms with E-state index in [9.17, 15) is 0 Å².